The monoisotopic (exact) mass is 341 g/mol. The molecule has 4 nitrogen and oxygen atoms in total. The Balaban J connectivity index is 1.67. The van der Waals surface area contributed by atoms with Crippen LogP contribution < -0.4 is 4.90 Å². The normalized spacial score (nSPS) is 23.8. The third-order valence-electron chi connectivity index (χ3n) is 5.17. The van der Waals surface area contributed by atoms with Gasteiger partial charge in [-0.05, 0) is 42.9 Å². The van der Waals surface area contributed by atoms with Gasteiger partial charge in [-0.25, -0.2) is 0 Å². The van der Waals surface area contributed by atoms with Gasteiger partial charge in [0.15, 0.2) is 5.82 Å². The molecule has 126 valence electrons. The third-order valence-corrected chi connectivity index (χ3v) is 6.88. The van der Waals surface area contributed by atoms with E-state index >= 15 is 0 Å². The summed E-state index contributed by atoms with van der Waals surface area (Å²) in [5.41, 5.74) is 4.94. The maximum atomic E-state index is 12.1. The van der Waals surface area contributed by atoms with Crippen molar-refractivity contribution in [3.8, 4) is 11.3 Å². The van der Waals surface area contributed by atoms with E-state index in [0.717, 1.165) is 56.0 Å². The predicted octanol–water partition coefficient (Wildman–Crippen LogP) is 2.98. The molecular formula is C19H23N3OS. The van der Waals surface area contributed by atoms with Crippen LogP contribution in [0.1, 0.15) is 30.9 Å². The highest BCUT2D eigenvalue weighted by molar-refractivity contribution is 7.85. The Kier molecular flexibility index (Phi) is 4.35. The minimum atomic E-state index is -0.721. The highest BCUT2D eigenvalue weighted by Gasteiger charge is 2.22. The quantitative estimate of drug-likeness (QED) is 0.800. The first kappa shape index (κ1) is 15.8. The number of benzene rings is 1. The second-order valence-electron chi connectivity index (χ2n) is 6.76. The van der Waals surface area contributed by atoms with Crippen LogP contribution in [0, 0.1) is 0 Å². The lowest BCUT2D eigenvalue weighted by molar-refractivity contribution is 0.671. The lowest BCUT2D eigenvalue weighted by atomic mass is 10.0. The zero-order valence-electron chi connectivity index (χ0n) is 14.1. The average Bonchev–Trinajstić information content (AvgIpc) is 2.89. The number of rotatable bonds is 1. The summed E-state index contributed by atoms with van der Waals surface area (Å²) in [4.78, 5) is 2.26. The fraction of sp³-hybridized carbons (Fsp3) is 0.474. The van der Waals surface area contributed by atoms with Gasteiger partial charge in [-0.2, -0.15) is 0 Å². The maximum Gasteiger partial charge on any atom is 0.151 e. The number of hydrogen-bond acceptors (Lipinski definition) is 4. The van der Waals surface area contributed by atoms with Gasteiger partial charge in [-0.15, -0.1) is 10.2 Å². The van der Waals surface area contributed by atoms with Crippen LogP contribution in [-0.2, 0) is 23.6 Å². The Morgan fingerprint density at radius 1 is 1.12 bits per heavy atom. The number of aryl methyl sites for hydroxylation is 2. The second kappa shape index (κ2) is 6.63. The number of anilines is 1. The molecule has 24 heavy (non-hydrogen) atoms. The Labute approximate surface area is 145 Å². The molecule has 2 aromatic rings. The van der Waals surface area contributed by atoms with Crippen molar-refractivity contribution >= 4 is 16.6 Å². The SMILES string of the molecule is CC1CCN(c2cc3c(nn2)-c2ccccc2CCC3)CCS1=O. The number of aromatic nitrogens is 2. The molecule has 0 spiro atoms. The molecule has 1 aliphatic carbocycles. The van der Waals surface area contributed by atoms with E-state index in [2.05, 4.69) is 52.4 Å². The summed E-state index contributed by atoms with van der Waals surface area (Å²) in [5.74, 6) is 1.67. The van der Waals surface area contributed by atoms with Crippen molar-refractivity contribution in [1.29, 1.82) is 0 Å². The average molecular weight is 341 g/mol. The highest BCUT2D eigenvalue weighted by atomic mass is 32.2. The topological polar surface area (TPSA) is 46.1 Å². The third kappa shape index (κ3) is 2.97. The van der Waals surface area contributed by atoms with Crippen LogP contribution in [0.15, 0.2) is 30.3 Å². The summed E-state index contributed by atoms with van der Waals surface area (Å²) in [5, 5.41) is 9.40. The minimum absolute atomic E-state index is 0.274. The van der Waals surface area contributed by atoms with Gasteiger partial charge in [0.2, 0.25) is 0 Å². The molecule has 5 heteroatoms. The molecule has 4 rings (SSSR count). The van der Waals surface area contributed by atoms with Crippen LogP contribution in [0.3, 0.4) is 0 Å². The van der Waals surface area contributed by atoms with E-state index in [1.807, 2.05) is 0 Å². The van der Waals surface area contributed by atoms with Gasteiger partial charge in [0, 0.05) is 40.5 Å². The molecule has 0 bridgehead atoms. The molecule has 2 heterocycles. The zero-order chi connectivity index (χ0) is 16.5. The molecule has 0 N–H and O–H groups in total. The van der Waals surface area contributed by atoms with Crippen molar-refractivity contribution < 1.29 is 4.21 Å². The molecule has 2 aliphatic rings. The van der Waals surface area contributed by atoms with Crippen LogP contribution in [0.25, 0.3) is 11.3 Å². The number of fused-ring (bicyclic) bond motifs is 3. The van der Waals surface area contributed by atoms with Crippen molar-refractivity contribution in [2.75, 3.05) is 23.7 Å². The van der Waals surface area contributed by atoms with Crippen LogP contribution >= 0.6 is 0 Å². The lowest BCUT2D eigenvalue weighted by Crippen LogP contribution is -2.27. The lowest BCUT2D eigenvalue weighted by Gasteiger charge is -2.21. The van der Waals surface area contributed by atoms with Crippen molar-refractivity contribution in [2.45, 2.75) is 37.9 Å². The summed E-state index contributed by atoms with van der Waals surface area (Å²) in [6.45, 7) is 3.80. The van der Waals surface area contributed by atoms with Crippen molar-refractivity contribution in [1.82, 2.24) is 10.2 Å². The Morgan fingerprint density at radius 2 is 1.96 bits per heavy atom. The molecule has 1 aromatic heterocycles. The van der Waals surface area contributed by atoms with Crippen molar-refractivity contribution in [3.63, 3.8) is 0 Å². The van der Waals surface area contributed by atoms with Gasteiger partial charge in [-0.1, -0.05) is 31.2 Å². The first-order valence-electron chi connectivity index (χ1n) is 8.79. The smallest absolute Gasteiger partial charge is 0.151 e. The van der Waals surface area contributed by atoms with Crippen LogP contribution in [-0.4, -0.2) is 38.5 Å². The fourth-order valence-corrected chi connectivity index (χ4v) is 4.81. The Bertz CT molecular complexity index is 777. The molecule has 0 saturated carbocycles. The largest absolute Gasteiger partial charge is 0.354 e. The van der Waals surface area contributed by atoms with Gasteiger partial charge in [-0.3, -0.25) is 4.21 Å². The van der Waals surface area contributed by atoms with E-state index in [4.69, 9.17) is 0 Å². The molecule has 2 atom stereocenters. The summed E-state index contributed by atoms with van der Waals surface area (Å²) < 4.78 is 12.1. The number of hydrogen-bond donors (Lipinski definition) is 0. The van der Waals surface area contributed by atoms with Gasteiger partial charge in [0.25, 0.3) is 0 Å². The second-order valence-corrected chi connectivity index (χ2v) is 8.73. The van der Waals surface area contributed by atoms with Crippen molar-refractivity contribution in [3.05, 3.63) is 41.5 Å². The fourth-order valence-electron chi connectivity index (χ4n) is 3.64. The first-order chi connectivity index (χ1) is 11.7. The molecular weight excluding hydrogens is 318 g/mol. The summed E-state index contributed by atoms with van der Waals surface area (Å²) in [6.07, 6.45) is 4.25. The van der Waals surface area contributed by atoms with Gasteiger partial charge < -0.3 is 4.90 Å². The number of nitrogens with zero attached hydrogens (tertiary/aromatic N) is 3. The molecule has 1 fully saturated rings. The summed E-state index contributed by atoms with van der Waals surface area (Å²) in [7, 11) is -0.721. The van der Waals surface area contributed by atoms with Crippen LogP contribution in [0.2, 0.25) is 0 Å². The summed E-state index contributed by atoms with van der Waals surface area (Å²) >= 11 is 0. The first-order valence-corrected chi connectivity index (χ1v) is 10.2. The molecule has 1 aromatic carbocycles. The standard InChI is InChI=1S/C19H23N3OS/c1-14-9-10-22(11-12-24(14)23)18-13-16-7-4-6-15-5-2-3-8-17(15)19(16)21-20-18/h2-3,5,8,13-14H,4,6-7,9-12H2,1H3. The van der Waals surface area contributed by atoms with Gasteiger partial charge in [0.05, 0.1) is 5.69 Å². The van der Waals surface area contributed by atoms with Gasteiger partial charge >= 0.3 is 0 Å². The molecule has 1 saturated heterocycles. The highest BCUT2D eigenvalue weighted by Crippen LogP contribution is 2.32. The Morgan fingerprint density at radius 3 is 2.88 bits per heavy atom. The molecule has 1 aliphatic heterocycles. The van der Waals surface area contributed by atoms with E-state index in [1.54, 1.807) is 0 Å². The van der Waals surface area contributed by atoms with Crippen LogP contribution in [0.5, 0.6) is 0 Å². The van der Waals surface area contributed by atoms with E-state index in [1.165, 1.54) is 16.7 Å². The van der Waals surface area contributed by atoms with E-state index in [-0.39, 0.29) is 5.25 Å². The molecule has 2 unspecified atom stereocenters. The predicted molar refractivity (Wildman–Crippen MR) is 98.8 cm³/mol. The molecule has 0 radical (unpaired) electrons. The Hall–Kier alpha value is -1.75. The maximum absolute atomic E-state index is 12.1. The van der Waals surface area contributed by atoms with E-state index in [9.17, 15) is 4.21 Å². The summed E-state index contributed by atoms with van der Waals surface area (Å²) in [6, 6.07) is 10.7. The van der Waals surface area contributed by atoms with Gasteiger partial charge in [0.1, 0.15) is 0 Å². The van der Waals surface area contributed by atoms with E-state index in [0.29, 0.717) is 0 Å². The minimum Gasteiger partial charge on any atom is -0.354 e. The zero-order valence-corrected chi connectivity index (χ0v) is 14.9. The van der Waals surface area contributed by atoms with Crippen LogP contribution in [0.4, 0.5) is 5.82 Å². The van der Waals surface area contributed by atoms with Crippen molar-refractivity contribution in [2.24, 2.45) is 0 Å². The van der Waals surface area contributed by atoms with E-state index < -0.39 is 10.8 Å². The molecule has 0 amide bonds.